The number of hydrogen-bond acceptors (Lipinski definition) is 2. The molecular weight excluding hydrogens is 88.1 g/mol. The molecule has 0 aliphatic carbocycles. The molecule has 1 heterocycles. The Morgan fingerprint density at radius 1 is 1.80 bits per heavy atom. The molecule has 1 aliphatic rings. The van der Waals surface area contributed by atoms with Crippen LogP contribution in [0.2, 0.25) is 0 Å². The van der Waals surface area contributed by atoms with Gasteiger partial charge in [-0.2, -0.15) is 0 Å². The molecule has 0 radical (unpaired) electrons. The SMILES string of the molecule is O=S1CCO1. The minimum absolute atomic E-state index is 0.687. The van der Waals surface area contributed by atoms with Gasteiger partial charge in [0.25, 0.3) is 0 Å². The fourth-order valence-electron chi connectivity index (χ4n) is 0.151. The molecule has 5 heavy (non-hydrogen) atoms. The highest BCUT2D eigenvalue weighted by molar-refractivity contribution is 7.81. The lowest BCUT2D eigenvalue weighted by Gasteiger charge is -2.07. The first-order valence-electron chi connectivity index (χ1n) is 1.41. The van der Waals surface area contributed by atoms with Gasteiger partial charge in [-0.05, 0) is 0 Å². The van der Waals surface area contributed by atoms with E-state index in [1.165, 1.54) is 0 Å². The van der Waals surface area contributed by atoms with Crippen molar-refractivity contribution in [2.45, 2.75) is 0 Å². The van der Waals surface area contributed by atoms with E-state index in [2.05, 4.69) is 4.18 Å². The van der Waals surface area contributed by atoms with Crippen LogP contribution in [0.3, 0.4) is 0 Å². The van der Waals surface area contributed by atoms with Gasteiger partial charge in [-0.1, -0.05) is 0 Å². The third-order valence-corrected chi connectivity index (χ3v) is 1.39. The molecule has 0 aromatic rings. The van der Waals surface area contributed by atoms with Gasteiger partial charge in [0.1, 0.15) is 0 Å². The highest BCUT2D eigenvalue weighted by Crippen LogP contribution is 1.95. The monoisotopic (exact) mass is 92.0 g/mol. The number of hydrogen-bond donors (Lipinski definition) is 0. The molecule has 0 aromatic heterocycles. The smallest absolute Gasteiger partial charge is 0.157 e. The third-order valence-electron chi connectivity index (χ3n) is 0.465. The summed E-state index contributed by atoms with van der Waals surface area (Å²) in [4.78, 5) is 0. The molecule has 3 heteroatoms. The Hall–Kier alpha value is 0.110. The van der Waals surface area contributed by atoms with Crippen molar-refractivity contribution in [2.24, 2.45) is 0 Å². The van der Waals surface area contributed by atoms with Gasteiger partial charge in [-0.25, -0.2) is 4.21 Å². The maximum absolute atomic E-state index is 9.79. The lowest BCUT2D eigenvalue weighted by atomic mass is 10.9. The summed E-state index contributed by atoms with van der Waals surface area (Å²) < 4.78 is 14.2. The zero-order valence-corrected chi connectivity index (χ0v) is 3.46. The minimum Gasteiger partial charge on any atom is -0.289 e. The average Bonchev–Trinajstić information content (AvgIpc) is 1.30. The summed E-state index contributed by atoms with van der Waals surface area (Å²) in [6.45, 7) is 0.687. The van der Waals surface area contributed by atoms with Crippen molar-refractivity contribution in [3.05, 3.63) is 0 Å². The van der Waals surface area contributed by atoms with E-state index < -0.39 is 11.1 Å². The topological polar surface area (TPSA) is 26.3 Å². The van der Waals surface area contributed by atoms with E-state index in [0.29, 0.717) is 6.61 Å². The van der Waals surface area contributed by atoms with Gasteiger partial charge in [0.2, 0.25) is 0 Å². The molecule has 2 nitrogen and oxygen atoms in total. The molecule has 0 bridgehead atoms. The molecule has 1 rings (SSSR count). The van der Waals surface area contributed by atoms with Crippen molar-refractivity contribution in [3.63, 3.8) is 0 Å². The van der Waals surface area contributed by atoms with Crippen LogP contribution in [0.5, 0.6) is 0 Å². The Labute approximate surface area is 32.8 Å². The Morgan fingerprint density at radius 2 is 2.20 bits per heavy atom. The first-order valence-corrected chi connectivity index (χ1v) is 2.65. The van der Waals surface area contributed by atoms with Gasteiger partial charge in [0.05, 0.1) is 12.4 Å². The third kappa shape index (κ3) is 0.490. The van der Waals surface area contributed by atoms with Crippen LogP contribution in [0.4, 0.5) is 0 Å². The zero-order valence-electron chi connectivity index (χ0n) is 2.64. The summed E-state index contributed by atoms with van der Waals surface area (Å²) in [6.07, 6.45) is 0. The van der Waals surface area contributed by atoms with Crippen molar-refractivity contribution < 1.29 is 8.39 Å². The Morgan fingerprint density at radius 3 is 2.20 bits per heavy atom. The maximum Gasteiger partial charge on any atom is 0.157 e. The van der Waals surface area contributed by atoms with E-state index in [9.17, 15) is 4.21 Å². The Kier molecular flexibility index (Phi) is 0.704. The second-order valence-corrected chi connectivity index (χ2v) is 2.08. The van der Waals surface area contributed by atoms with Crippen molar-refractivity contribution >= 4 is 11.1 Å². The molecule has 0 N–H and O–H groups in total. The van der Waals surface area contributed by atoms with E-state index in [-0.39, 0.29) is 0 Å². The largest absolute Gasteiger partial charge is 0.289 e. The van der Waals surface area contributed by atoms with Crippen molar-refractivity contribution in [1.82, 2.24) is 0 Å². The molecule has 1 atom stereocenters. The summed E-state index contributed by atoms with van der Waals surface area (Å²) in [7, 11) is 0. The molecule has 0 amide bonds. The maximum atomic E-state index is 9.79. The van der Waals surface area contributed by atoms with E-state index in [4.69, 9.17) is 0 Å². The highest BCUT2D eigenvalue weighted by atomic mass is 32.2. The first-order chi connectivity index (χ1) is 2.39. The van der Waals surface area contributed by atoms with Gasteiger partial charge in [0.15, 0.2) is 11.1 Å². The van der Waals surface area contributed by atoms with E-state index in [1.54, 1.807) is 0 Å². The zero-order chi connectivity index (χ0) is 3.70. The molecular formula is C2H4O2S. The fraction of sp³-hybridized carbons (Fsp3) is 1.00. The summed E-state index contributed by atoms with van der Waals surface area (Å²) in [6, 6.07) is 0. The first kappa shape index (κ1) is 3.31. The van der Waals surface area contributed by atoms with Gasteiger partial charge >= 0.3 is 0 Å². The van der Waals surface area contributed by atoms with Crippen LogP contribution in [0.1, 0.15) is 0 Å². The molecule has 0 spiro atoms. The summed E-state index contributed by atoms with van der Waals surface area (Å²) >= 11 is -0.892. The minimum atomic E-state index is -0.892. The van der Waals surface area contributed by atoms with E-state index >= 15 is 0 Å². The van der Waals surface area contributed by atoms with E-state index in [0.717, 1.165) is 5.75 Å². The molecule has 1 aliphatic heterocycles. The summed E-state index contributed by atoms with van der Waals surface area (Å²) in [5, 5.41) is 0. The van der Waals surface area contributed by atoms with Gasteiger partial charge in [0, 0.05) is 0 Å². The second-order valence-electron chi connectivity index (χ2n) is 0.830. The van der Waals surface area contributed by atoms with Crippen molar-refractivity contribution in [3.8, 4) is 0 Å². The van der Waals surface area contributed by atoms with Crippen LogP contribution in [0.15, 0.2) is 0 Å². The van der Waals surface area contributed by atoms with E-state index in [1.807, 2.05) is 0 Å². The summed E-state index contributed by atoms with van der Waals surface area (Å²) in [5.41, 5.74) is 0. The average molecular weight is 92.1 g/mol. The highest BCUT2D eigenvalue weighted by Gasteiger charge is 2.08. The van der Waals surface area contributed by atoms with Crippen molar-refractivity contribution in [1.29, 1.82) is 0 Å². The van der Waals surface area contributed by atoms with Crippen molar-refractivity contribution in [2.75, 3.05) is 12.4 Å². The standard InChI is InChI=1S/C2H4O2S/c3-5-2-1-4-5/h1-2H2. The normalized spacial score (nSPS) is 36.4. The van der Waals surface area contributed by atoms with Crippen LogP contribution >= 0.6 is 0 Å². The van der Waals surface area contributed by atoms with Crippen LogP contribution in [-0.4, -0.2) is 16.6 Å². The van der Waals surface area contributed by atoms with Crippen LogP contribution < -0.4 is 0 Å². The van der Waals surface area contributed by atoms with Crippen LogP contribution in [-0.2, 0) is 15.3 Å². The summed E-state index contributed by atoms with van der Waals surface area (Å²) in [5.74, 6) is 0.736. The molecule has 1 saturated heterocycles. The molecule has 1 fully saturated rings. The molecule has 1 unspecified atom stereocenters. The quantitative estimate of drug-likeness (QED) is 0.409. The van der Waals surface area contributed by atoms with Gasteiger partial charge < -0.3 is 0 Å². The van der Waals surface area contributed by atoms with Crippen LogP contribution in [0.25, 0.3) is 0 Å². The predicted molar refractivity (Wildman–Crippen MR) is 19.0 cm³/mol. The lowest BCUT2D eigenvalue weighted by Crippen LogP contribution is -2.19. The van der Waals surface area contributed by atoms with Crippen LogP contribution in [0, 0.1) is 0 Å². The van der Waals surface area contributed by atoms with Gasteiger partial charge in [-0.3, -0.25) is 4.18 Å². The Balaban J connectivity index is 2.32. The fourth-order valence-corrected chi connectivity index (χ4v) is 0.454. The number of rotatable bonds is 0. The molecule has 0 aromatic carbocycles. The molecule has 30 valence electrons. The second kappa shape index (κ2) is 1.06. The Bertz CT molecular complexity index is 54.7. The lowest BCUT2D eigenvalue weighted by molar-refractivity contribution is 0.324. The van der Waals surface area contributed by atoms with Gasteiger partial charge in [-0.15, -0.1) is 0 Å². The predicted octanol–water partition coefficient (Wildman–Crippen LogP) is -0.320. The molecule has 0 saturated carbocycles.